The molecular weight excluding hydrogens is 264 g/mol. The highest BCUT2D eigenvalue weighted by atomic mass is 32.1. The molecule has 0 aliphatic heterocycles. The van der Waals surface area contributed by atoms with Crippen LogP contribution in [0.1, 0.15) is 12.5 Å². The summed E-state index contributed by atoms with van der Waals surface area (Å²) in [6.07, 6.45) is 0.903. The summed E-state index contributed by atoms with van der Waals surface area (Å²) in [6.45, 7) is 2.07. The summed E-state index contributed by atoms with van der Waals surface area (Å²) in [5.74, 6) is 0.450. The Labute approximate surface area is 115 Å². The number of nitrogens with zero attached hydrogens (tertiary/aromatic N) is 3. The van der Waals surface area contributed by atoms with Gasteiger partial charge in [0.25, 0.3) is 0 Å². The third kappa shape index (κ3) is 3.78. The van der Waals surface area contributed by atoms with Crippen LogP contribution in [0.3, 0.4) is 0 Å². The van der Waals surface area contributed by atoms with Gasteiger partial charge < -0.3 is 14.8 Å². The third-order valence-electron chi connectivity index (χ3n) is 2.46. The molecule has 0 fully saturated rings. The molecule has 1 unspecified atom stereocenters. The predicted molar refractivity (Wildman–Crippen MR) is 74.0 cm³/mol. The van der Waals surface area contributed by atoms with Crippen LogP contribution in [0.5, 0.6) is 12.0 Å². The largest absolute Gasteiger partial charge is 0.467 e. The first kappa shape index (κ1) is 13.5. The Morgan fingerprint density at radius 2 is 1.89 bits per heavy atom. The van der Waals surface area contributed by atoms with Gasteiger partial charge in [-0.15, -0.1) is 4.98 Å². The molecule has 0 aliphatic carbocycles. The molecule has 1 N–H and O–H groups in total. The van der Waals surface area contributed by atoms with Crippen molar-refractivity contribution < 1.29 is 9.47 Å². The van der Waals surface area contributed by atoms with Gasteiger partial charge in [-0.3, -0.25) is 0 Å². The molecule has 2 aromatic heterocycles. The van der Waals surface area contributed by atoms with Crippen molar-refractivity contribution >= 4 is 17.3 Å². The van der Waals surface area contributed by atoms with Gasteiger partial charge in [0.2, 0.25) is 5.95 Å². The van der Waals surface area contributed by atoms with Crippen LogP contribution in [0.25, 0.3) is 0 Å². The van der Waals surface area contributed by atoms with Gasteiger partial charge in [0, 0.05) is 6.04 Å². The van der Waals surface area contributed by atoms with Crippen LogP contribution in [-0.4, -0.2) is 35.2 Å². The quantitative estimate of drug-likeness (QED) is 0.872. The Kier molecular flexibility index (Phi) is 4.51. The first-order valence-corrected chi connectivity index (χ1v) is 6.77. The van der Waals surface area contributed by atoms with Crippen LogP contribution in [0.15, 0.2) is 16.8 Å². The molecule has 0 radical (unpaired) electrons. The van der Waals surface area contributed by atoms with Crippen LogP contribution >= 0.6 is 11.3 Å². The number of thiophene rings is 1. The normalized spacial score (nSPS) is 11.9. The lowest BCUT2D eigenvalue weighted by atomic mass is 10.1. The minimum Gasteiger partial charge on any atom is -0.467 e. The zero-order chi connectivity index (χ0) is 13.7. The number of anilines is 1. The lowest BCUT2D eigenvalue weighted by Crippen LogP contribution is -2.20. The number of methoxy groups -OCH3 is 2. The minimum atomic E-state index is 0.200. The van der Waals surface area contributed by atoms with Crippen molar-refractivity contribution in [3.63, 3.8) is 0 Å². The standard InChI is InChI=1S/C12H16N4O2S/c1-8(6-9-4-5-19-7-9)13-10-14-11(17-2)16-12(15-10)18-3/h4-5,7-8H,6H2,1-3H3,(H,13,14,15,16). The van der Waals surface area contributed by atoms with Crippen LogP contribution in [0, 0.1) is 0 Å². The number of hydrogen-bond donors (Lipinski definition) is 1. The maximum atomic E-state index is 5.00. The van der Waals surface area contributed by atoms with Crippen molar-refractivity contribution in [1.29, 1.82) is 0 Å². The Morgan fingerprint density at radius 1 is 1.21 bits per heavy atom. The first-order chi connectivity index (χ1) is 9.21. The molecule has 19 heavy (non-hydrogen) atoms. The lowest BCUT2D eigenvalue weighted by molar-refractivity contribution is 0.341. The fraction of sp³-hybridized carbons (Fsp3) is 0.417. The molecule has 7 heteroatoms. The number of hydrogen-bond acceptors (Lipinski definition) is 7. The first-order valence-electron chi connectivity index (χ1n) is 5.83. The fourth-order valence-corrected chi connectivity index (χ4v) is 2.30. The number of ether oxygens (including phenoxy) is 2. The predicted octanol–water partition coefficient (Wildman–Crippen LogP) is 1.99. The molecule has 102 valence electrons. The van der Waals surface area contributed by atoms with E-state index in [9.17, 15) is 0 Å². The van der Waals surface area contributed by atoms with Crippen LogP contribution in [0.4, 0.5) is 5.95 Å². The second-order valence-corrected chi connectivity index (χ2v) is 4.79. The van der Waals surface area contributed by atoms with E-state index in [4.69, 9.17) is 9.47 Å². The second kappa shape index (κ2) is 6.33. The number of aromatic nitrogens is 3. The van der Waals surface area contributed by atoms with Gasteiger partial charge in [-0.2, -0.15) is 21.3 Å². The van der Waals surface area contributed by atoms with E-state index in [-0.39, 0.29) is 18.1 Å². The molecule has 2 heterocycles. The third-order valence-corrected chi connectivity index (χ3v) is 3.19. The SMILES string of the molecule is COc1nc(NC(C)Cc2ccsc2)nc(OC)n1. The van der Waals surface area contributed by atoms with Gasteiger partial charge in [0.1, 0.15) is 0 Å². The molecule has 6 nitrogen and oxygen atoms in total. The molecule has 1 atom stereocenters. The molecule has 0 aliphatic rings. The van der Waals surface area contributed by atoms with E-state index in [0.29, 0.717) is 5.95 Å². The van der Waals surface area contributed by atoms with Crippen molar-refractivity contribution in [3.05, 3.63) is 22.4 Å². The van der Waals surface area contributed by atoms with Crippen molar-refractivity contribution in [2.24, 2.45) is 0 Å². The lowest BCUT2D eigenvalue weighted by Gasteiger charge is -2.13. The van der Waals surface area contributed by atoms with E-state index in [1.54, 1.807) is 11.3 Å². The van der Waals surface area contributed by atoms with Gasteiger partial charge in [0.15, 0.2) is 0 Å². The van der Waals surface area contributed by atoms with E-state index in [1.165, 1.54) is 19.8 Å². The smallest absolute Gasteiger partial charge is 0.324 e. The molecule has 2 rings (SSSR count). The fourth-order valence-electron chi connectivity index (χ4n) is 1.62. The number of rotatable bonds is 6. The van der Waals surface area contributed by atoms with Crippen molar-refractivity contribution in [1.82, 2.24) is 15.0 Å². The van der Waals surface area contributed by atoms with E-state index >= 15 is 0 Å². The van der Waals surface area contributed by atoms with Crippen LogP contribution in [-0.2, 0) is 6.42 Å². The Hall–Kier alpha value is -1.89. The minimum absolute atomic E-state index is 0.200. The summed E-state index contributed by atoms with van der Waals surface area (Å²) < 4.78 is 10.0. The van der Waals surface area contributed by atoms with E-state index in [2.05, 4.69) is 44.0 Å². The summed E-state index contributed by atoms with van der Waals surface area (Å²) in [4.78, 5) is 12.2. The Balaban J connectivity index is 2.05. The maximum absolute atomic E-state index is 5.00. The van der Waals surface area contributed by atoms with E-state index < -0.39 is 0 Å². The highest BCUT2D eigenvalue weighted by Gasteiger charge is 2.10. The van der Waals surface area contributed by atoms with Crippen molar-refractivity contribution in [2.75, 3.05) is 19.5 Å². The highest BCUT2D eigenvalue weighted by molar-refractivity contribution is 7.07. The van der Waals surface area contributed by atoms with E-state index in [1.807, 2.05) is 0 Å². The summed E-state index contributed by atoms with van der Waals surface area (Å²) in [5.41, 5.74) is 1.29. The summed E-state index contributed by atoms with van der Waals surface area (Å²) in [7, 11) is 3.01. The van der Waals surface area contributed by atoms with Crippen molar-refractivity contribution in [3.8, 4) is 12.0 Å². The second-order valence-electron chi connectivity index (χ2n) is 4.01. The molecule has 0 saturated carbocycles. The van der Waals surface area contributed by atoms with Gasteiger partial charge >= 0.3 is 12.0 Å². The topological polar surface area (TPSA) is 69.2 Å². The number of nitrogens with one attached hydrogen (secondary N) is 1. The van der Waals surface area contributed by atoms with Gasteiger partial charge in [-0.25, -0.2) is 0 Å². The molecule has 2 aromatic rings. The maximum Gasteiger partial charge on any atom is 0.324 e. The summed E-state index contributed by atoms with van der Waals surface area (Å²) in [6, 6.07) is 2.78. The monoisotopic (exact) mass is 280 g/mol. The van der Waals surface area contributed by atoms with Gasteiger partial charge in [0.05, 0.1) is 14.2 Å². The molecule has 0 bridgehead atoms. The molecule has 0 aromatic carbocycles. The Bertz CT molecular complexity index is 496. The molecule has 0 saturated heterocycles. The van der Waals surface area contributed by atoms with Gasteiger partial charge in [-0.05, 0) is 35.7 Å². The average molecular weight is 280 g/mol. The zero-order valence-electron chi connectivity index (χ0n) is 11.1. The molecule has 0 amide bonds. The zero-order valence-corrected chi connectivity index (χ0v) is 11.9. The van der Waals surface area contributed by atoms with E-state index in [0.717, 1.165) is 6.42 Å². The molecular formula is C12H16N4O2S. The van der Waals surface area contributed by atoms with Crippen LogP contribution in [0.2, 0.25) is 0 Å². The van der Waals surface area contributed by atoms with Gasteiger partial charge in [-0.1, -0.05) is 0 Å². The van der Waals surface area contributed by atoms with Crippen molar-refractivity contribution in [2.45, 2.75) is 19.4 Å². The van der Waals surface area contributed by atoms with Crippen LogP contribution < -0.4 is 14.8 Å². The Morgan fingerprint density at radius 3 is 2.42 bits per heavy atom. The summed E-state index contributed by atoms with van der Waals surface area (Å²) in [5, 5.41) is 7.41. The highest BCUT2D eigenvalue weighted by Crippen LogP contribution is 2.15. The summed E-state index contributed by atoms with van der Waals surface area (Å²) >= 11 is 1.69. The average Bonchev–Trinajstić information content (AvgIpc) is 2.90. The molecule has 0 spiro atoms.